The Morgan fingerprint density at radius 2 is 1.82 bits per heavy atom. The molecule has 0 aromatic rings. The molecule has 2 N–H and O–H groups in total. The van der Waals surface area contributed by atoms with Gasteiger partial charge in [0.05, 0.1) is 35.6 Å². The van der Waals surface area contributed by atoms with Gasteiger partial charge in [-0.2, -0.15) is 0 Å². The van der Waals surface area contributed by atoms with Crippen molar-refractivity contribution >= 4 is 21.7 Å². The van der Waals surface area contributed by atoms with Crippen LogP contribution in [-0.2, 0) is 14.3 Å². The number of Topliss-reactive ketones (excluding diaryl/α,β-unsaturated/α-hetero) is 1. The van der Waals surface area contributed by atoms with Gasteiger partial charge in [0.15, 0.2) is 5.78 Å². The van der Waals surface area contributed by atoms with Crippen molar-refractivity contribution in [2.24, 2.45) is 17.3 Å². The predicted octanol–water partition coefficient (Wildman–Crippen LogP) is 5.63. The first-order valence-electron chi connectivity index (χ1n) is 12.9. The minimum absolute atomic E-state index is 0.0129. The first kappa shape index (κ1) is 29.2. The summed E-state index contributed by atoms with van der Waals surface area (Å²) in [7, 11) is 0. The number of aliphatic hydroxyl groups is 2. The third-order valence-corrected chi connectivity index (χ3v) is 9.74. The molecule has 0 aromatic carbocycles. The summed E-state index contributed by atoms with van der Waals surface area (Å²) in [6.07, 6.45) is 3.44. The Balaban J connectivity index is 2.27. The van der Waals surface area contributed by atoms with Crippen LogP contribution in [0.4, 0.5) is 0 Å². The molecule has 2 aliphatic rings. The molecule has 2 heterocycles. The Kier molecular flexibility index (Phi) is 9.33. The summed E-state index contributed by atoms with van der Waals surface area (Å²) < 4.78 is 12.1. The molecule has 9 unspecified atom stereocenters. The van der Waals surface area contributed by atoms with Crippen LogP contribution < -0.4 is 0 Å². The number of halogens is 1. The maximum Gasteiger partial charge on any atom is 0.157 e. The number of ether oxygens (including phenoxy) is 2. The maximum atomic E-state index is 13.8. The second kappa shape index (κ2) is 10.5. The molecular weight excluding hydrogens is 484 g/mol. The highest BCUT2D eigenvalue weighted by atomic mass is 79.9. The van der Waals surface area contributed by atoms with E-state index in [9.17, 15) is 15.0 Å². The first-order valence-corrected chi connectivity index (χ1v) is 13.7. The molecule has 33 heavy (non-hydrogen) atoms. The van der Waals surface area contributed by atoms with Gasteiger partial charge in [0, 0.05) is 5.92 Å². The zero-order valence-corrected chi connectivity index (χ0v) is 23.7. The Morgan fingerprint density at radius 1 is 1.21 bits per heavy atom. The van der Waals surface area contributed by atoms with Crippen molar-refractivity contribution in [1.82, 2.24) is 0 Å². The Morgan fingerprint density at radius 3 is 2.27 bits per heavy atom. The quantitative estimate of drug-likeness (QED) is 0.357. The number of hydrogen-bond acceptors (Lipinski definition) is 5. The van der Waals surface area contributed by atoms with Gasteiger partial charge in [-0.3, -0.25) is 4.79 Å². The van der Waals surface area contributed by atoms with Gasteiger partial charge in [-0.1, -0.05) is 64.4 Å². The molecule has 9 atom stereocenters. The molecule has 0 amide bonds. The summed E-state index contributed by atoms with van der Waals surface area (Å²) in [6.45, 7) is 19.9. The number of aliphatic hydroxyl groups excluding tert-OH is 1. The fourth-order valence-corrected chi connectivity index (χ4v) is 6.96. The third-order valence-electron chi connectivity index (χ3n) is 8.91. The second-order valence-electron chi connectivity index (χ2n) is 11.5. The monoisotopic (exact) mass is 531 g/mol. The van der Waals surface area contributed by atoms with Crippen LogP contribution in [0.15, 0.2) is 0 Å². The summed E-state index contributed by atoms with van der Waals surface area (Å²) in [5.74, 6) is -0.159. The van der Waals surface area contributed by atoms with Crippen LogP contribution in [0.5, 0.6) is 0 Å². The van der Waals surface area contributed by atoms with Crippen molar-refractivity contribution in [2.75, 3.05) is 0 Å². The summed E-state index contributed by atoms with van der Waals surface area (Å²) >= 11 is 3.61. The van der Waals surface area contributed by atoms with Crippen molar-refractivity contribution in [3.8, 4) is 0 Å². The Hall–Kier alpha value is -0.0100. The average molecular weight is 533 g/mol. The SMILES string of the molecule is [CH2]CC(C)(C)C(O)C(C)(Br)C(=O)C(CC)C1OC(CC)(C2CCC(O)(CC)C(C)O2)CC1C. The van der Waals surface area contributed by atoms with Crippen LogP contribution in [0.3, 0.4) is 0 Å². The van der Waals surface area contributed by atoms with E-state index in [0.717, 1.165) is 19.3 Å². The normalized spacial score (nSPS) is 39.2. The number of ketones is 1. The van der Waals surface area contributed by atoms with Gasteiger partial charge in [-0.25, -0.2) is 0 Å². The van der Waals surface area contributed by atoms with E-state index in [4.69, 9.17) is 9.47 Å². The Labute approximate surface area is 210 Å². The largest absolute Gasteiger partial charge is 0.391 e. The van der Waals surface area contributed by atoms with Crippen LogP contribution in [-0.4, -0.2) is 55.9 Å². The molecule has 2 rings (SSSR count). The van der Waals surface area contributed by atoms with Gasteiger partial charge in [-0.05, 0) is 70.1 Å². The highest BCUT2D eigenvalue weighted by Crippen LogP contribution is 2.49. The molecular formula is C27H48BrO5. The van der Waals surface area contributed by atoms with Gasteiger partial charge < -0.3 is 19.7 Å². The van der Waals surface area contributed by atoms with E-state index in [1.54, 1.807) is 6.92 Å². The summed E-state index contributed by atoms with van der Waals surface area (Å²) in [5.41, 5.74) is -1.75. The molecule has 2 fully saturated rings. The van der Waals surface area contributed by atoms with Crippen molar-refractivity contribution in [1.29, 1.82) is 0 Å². The highest BCUT2D eigenvalue weighted by molar-refractivity contribution is 9.10. The zero-order valence-electron chi connectivity index (χ0n) is 22.1. The molecule has 0 bridgehead atoms. The molecule has 6 heteroatoms. The Bertz CT molecular complexity index is 679. The van der Waals surface area contributed by atoms with Gasteiger partial charge >= 0.3 is 0 Å². The van der Waals surface area contributed by atoms with Crippen LogP contribution >= 0.6 is 15.9 Å². The summed E-state index contributed by atoms with van der Waals surface area (Å²) in [4.78, 5) is 13.8. The maximum absolute atomic E-state index is 13.8. The lowest BCUT2D eigenvalue weighted by molar-refractivity contribution is -0.229. The molecule has 0 saturated carbocycles. The highest BCUT2D eigenvalue weighted by Gasteiger charge is 2.57. The fourth-order valence-electron chi connectivity index (χ4n) is 6.05. The van der Waals surface area contributed by atoms with E-state index in [1.807, 2.05) is 34.6 Å². The average Bonchev–Trinajstić information content (AvgIpc) is 3.12. The van der Waals surface area contributed by atoms with Gasteiger partial charge in [0.1, 0.15) is 4.32 Å². The van der Waals surface area contributed by atoms with Crippen LogP contribution in [0.2, 0.25) is 0 Å². The molecule has 5 nitrogen and oxygen atoms in total. The van der Waals surface area contributed by atoms with Crippen LogP contribution in [0.25, 0.3) is 0 Å². The van der Waals surface area contributed by atoms with E-state index in [1.165, 1.54) is 0 Å². The van der Waals surface area contributed by atoms with Gasteiger partial charge in [0.25, 0.3) is 0 Å². The fraction of sp³-hybridized carbons (Fsp3) is 0.926. The van der Waals surface area contributed by atoms with E-state index in [-0.39, 0.29) is 35.9 Å². The number of carbonyl (C=O) groups is 1. The van der Waals surface area contributed by atoms with E-state index in [0.29, 0.717) is 25.7 Å². The van der Waals surface area contributed by atoms with Crippen molar-refractivity contribution in [3.05, 3.63) is 6.92 Å². The van der Waals surface area contributed by atoms with Gasteiger partial charge in [-0.15, -0.1) is 0 Å². The summed E-state index contributed by atoms with van der Waals surface area (Å²) in [5, 5.41) is 21.9. The molecule has 2 aliphatic heterocycles. The minimum Gasteiger partial charge on any atom is -0.391 e. The van der Waals surface area contributed by atoms with E-state index >= 15 is 0 Å². The molecule has 0 spiro atoms. The lowest BCUT2D eigenvalue weighted by Crippen LogP contribution is -2.56. The predicted molar refractivity (Wildman–Crippen MR) is 136 cm³/mol. The third kappa shape index (κ3) is 5.40. The lowest BCUT2D eigenvalue weighted by Gasteiger charge is -2.47. The van der Waals surface area contributed by atoms with Crippen LogP contribution in [0, 0.1) is 24.2 Å². The van der Waals surface area contributed by atoms with Crippen LogP contribution in [0.1, 0.15) is 100 Å². The molecule has 1 radical (unpaired) electrons. The van der Waals surface area contributed by atoms with Crippen molar-refractivity contribution in [2.45, 2.75) is 140 Å². The molecule has 0 aromatic heterocycles. The minimum atomic E-state index is -1.08. The zero-order chi connectivity index (χ0) is 25.4. The molecule has 0 aliphatic carbocycles. The molecule has 2 saturated heterocycles. The van der Waals surface area contributed by atoms with Crippen molar-refractivity contribution in [3.63, 3.8) is 0 Å². The van der Waals surface area contributed by atoms with Gasteiger partial charge in [0.2, 0.25) is 0 Å². The number of rotatable bonds is 10. The first-order chi connectivity index (χ1) is 15.2. The number of carbonyl (C=O) groups excluding carboxylic acids is 1. The number of alkyl halides is 1. The van der Waals surface area contributed by atoms with Crippen molar-refractivity contribution < 1.29 is 24.5 Å². The second-order valence-corrected chi connectivity index (χ2v) is 13.2. The lowest BCUT2D eigenvalue weighted by atomic mass is 9.72. The number of hydrogen-bond donors (Lipinski definition) is 2. The molecule has 193 valence electrons. The topological polar surface area (TPSA) is 76.0 Å². The van der Waals surface area contributed by atoms with E-state index in [2.05, 4.69) is 36.7 Å². The summed E-state index contributed by atoms with van der Waals surface area (Å²) in [6, 6.07) is 0. The smallest absolute Gasteiger partial charge is 0.157 e. The standard InChI is InChI=1S/C27H48BrO5/c1-10-19(22(29)25(9,28)23(30)24(7,8)11-2)21-17(5)16-27(13-4,33-21)20-14-15-26(31,12-3)18(6)32-20/h17-21,23,30-31H,2,10-16H2,1,3-9H3. The van der Waals surface area contributed by atoms with E-state index < -0.39 is 27.0 Å².